The maximum atomic E-state index is 11.3. The normalized spacial score (nSPS) is 21.3. The van der Waals surface area contributed by atoms with E-state index in [1.165, 1.54) is 17.3 Å². The molecule has 1 N–H and O–H groups in total. The first kappa shape index (κ1) is 15.3. The van der Waals surface area contributed by atoms with Gasteiger partial charge in [-0.25, -0.2) is 0 Å². The molecule has 0 amide bonds. The summed E-state index contributed by atoms with van der Waals surface area (Å²) in [6.45, 7) is 4.83. The Labute approximate surface area is 123 Å². The fourth-order valence-corrected chi connectivity index (χ4v) is 3.14. The van der Waals surface area contributed by atoms with E-state index in [9.17, 15) is 4.79 Å². The fraction of sp³-hybridized carbons (Fsp3) is 0.571. The van der Waals surface area contributed by atoms with Crippen LogP contribution in [0.25, 0.3) is 6.08 Å². The van der Waals surface area contributed by atoms with E-state index in [0.717, 1.165) is 31.7 Å². The van der Waals surface area contributed by atoms with Crippen LogP contribution in [0.5, 0.6) is 0 Å². The average molecular weight is 295 g/mol. The maximum absolute atomic E-state index is 11.3. The molecule has 6 heteroatoms. The standard InChI is InChI=1S/C14H21N3O2S/c1-11(18)20-14-3-5-15-10-12(14)9-13-4-6-17(16-13)7-8-19-2/h4,6,9,14-15H,3,5,7-8,10H2,1-2H3/b12-9+. The number of carbonyl (C=O) groups is 1. The molecular formula is C14H21N3O2S. The van der Waals surface area contributed by atoms with Crippen LogP contribution in [0.4, 0.5) is 0 Å². The van der Waals surface area contributed by atoms with Gasteiger partial charge in [-0.1, -0.05) is 11.8 Å². The minimum absolute atomic E-state index is 0.174. The second-order valence-corrected chi connectivity index (χ2v) is 6.16. The third-order valence-electron chi connectivity index (χ3n) is 3.15. The number of methoxy groups -OCH3 is 1. The molecular weight excluding hydrogens is 274 g/mol. The number of carbonyl (C=O) groups excluding carboxylic acids is 1. The Bertz CT molecular complexity index is 485. The molecule has 0 radical (unpaired) electrons. The van der Waals surface area contributed by atoms with E-state index < -0.39 is 0 Å². The van der Waals surface area contributed by atoms with E-state index >= 15 is 0 Å². The van der Waals surface area contributed by atoms with Crippen molar-refractivity contribution in [3.8, 4) is 0 Å². The van der Waals surface area contributed by atoms with Gasteiger partial charge in [0.2, 0.25) is 0 Å². The predicted octanol–water partition coefficient (Wildman–Crippen LogP) is 1.55. The van der Waals surface area contributed by atoms with Crippen LogP contribution < -0.4 is 5.32 Å². The molecule has 1 saturated heterocycles. The molecule has 20 heavy (non-hydrogen) atoms. The average Bonchev–Trinajstić information content (AvgIpc) is 2.86. The van der Waals surface area contributed by atoms with Crippen LogP contribution in [0.3, 0.4) is 0 Å². The number of nitrogens with one attached hydrogen (secondary N) is 1. The van der Waals surface area contributed by atoms with Gasteiger partial charge in [0.25, 0.3) is 0 Å². The van der Waals surface area contributed by atoms with Crippen molar-refractivity contribution < 1.29 is 9.53 Å². The zero-order valence-corrected chi connectivity index (χ0v) is 12.8. The van der Waals surface area contributed by atoms with Crippen molar-refractivity contribution in [3.05, 3.63) is 23.5 Å². The molecule has 1 aliphatic rings. The summed E-state index contributed by atoms with van der Waals surface area (Å²) < 4.78 is 6.91. The van der Waals surface area contributed by atoms with Gasteiger partial charge in [-0.15, -0.1) is 0 Å². The van der Waals surface area contributed by atoms with Crippen LogP contribution in [0.1, 0.15) is 19.0 Å². The number of thioether (sulfide) groups is 1. The van der Waals surface area contributed by atoms with Crippen molar-refractivity contribution in [2.75, 3.05) is 26.8 Å². The minimum atomic E-state index is 0.174. The molecule has 2 heterocycles. The van der Waals surface area contributed by atoms with Gasteiger partial charge in [0.1, 0.15) is 0 Å². The Hall–Kier alpha value is -1.11. The molecule has 1 aromatic rings. The summed E-state index contributed by atoms with van der Waals surface area (Å²) in [5, 5.41) is 8.30. The first-order valence-corrected chi connectivity index (χ1v) is 7.68. The van der Waals surface area contributed by atoms with Crippen LogP contribution in [0, 0.1) is 0 Å². The zero-order valence-electron chi connectivity index (χ0n) is 12.0. The van der Waals surface area contributed by atoms with Crippen molar-refractivity contribution in [1.29, 1.82) is 0 Å². The van der Waals surface area contributed by atoms with Gasteiger partial charge in [-0.05, 0) is 30.7 Å². The van der Waals surface area contributed by atoms with E-state index in [2.05, 4.69) is 16.5 Å². The molecule has 0 bridgehead atoms. The van der Waals surface area contributed by atoms with Crippen molar-refractivity contribution in [3.63, 3.8) is 0 Å². The van der Waals surface area contributed by atoms with Crippen molar-refractivity contribution in [2.45, 2.75) is 25.1 Å². The molecule has 0 spiro atoms. The first-order chi connectivity index (χ1) is 9.69. The number of rotatable bonds is 5. The Balaban J connectivity index is 2.06. The van der Waals surface area contributed by atoms with Crippen molar-refractivity contribution in [1.82, 2.24) is 15.1 Å². The molecule has 5 nitrogen and oxygen atoms in total. The van der Waals surface area contributed by atoms with Gasteiger partial charge >= 0.3 is 0 Å². The fourth-order valence-electron chi connectivity index (χ4n) is 2.20. The molecule has 1 fully saturated rings. The molecule has 1 aromatic heterocycles. The maximum Gasteiger partial charge on any atom is 0.186 e. The summed E-state index contributed by atoms with van der Waals surface area (Å²) in [5.74, 6) is 0. The Kier molecular flexibility index (Phi) is 5.82. The molecule has 110 valence electrons. The summed E-state index contributed by atoms with van der Waals surface area (Å²) in [4.78, 5) is 11.3. The summed E-state index contributed by atoms with van der Waals surface area (Å²) in [7, 11) is 1.68. The highest BCUT2D eigenvalue weighted by atomic mass is 32.2. The molecule has 1 aliphatic heterocycles. The number of aromatic nitrogens is 2. The smallest absolute Gasteiger partial charge is 0.186 e. The summed E-state index contributed by atoms with van der Waals surface area (Å²) in [6, 6.07) is 1.99. The minimum Gasteiger partial charge on any atom is -0.383 e. The molecule has 2 rings (SSSR count). The lowest BCUT2D eigenvalue weighted by atomic mass is 10.0. The van der Waals surface area contributed by atoms with E-state index in [0.29, 0.717) is 6.61 Å². The number of hydrogen-bond donors (Lipinski definition) is 1. The number of hydrogen-bond acceptors (Lipinski definition) is 5. The monoisotopic (exact) mass is 295 g/mol. The third kappa shape index (κ3) is 4.47. The SMILES string of the molecule is COCCn1ccc(/C=C2\CNCCC2SC(C)=O)n1. The van der Waals surface area contributed by atoms with E-state index in [-0.39, 0.29) is 10.4 Å². The second kappa shape index (κ2) is 7.61. The quantitative estimate of drug-likeness (QED) is 0.893. The highest BCUT2D eigenvalue weighted by Gasteiger charge is 2.20. The van der Waals surface area contributed by atoms with Crippen molar-refractivity contribution >= 4 is 23.0 Å². The topological polar surface area (TPSA) is 56.1 Å². The summed E-state index contributed by atoms with van der Waals surface area (Å²) in [5.41, 5.74) is 2.18. The number of piperidine rings is 1. The second-order valence-electron chi connectivity index (χ2n) is 4.78. The number of ether oxygens (including phenoxy) is 1. The van der Waals surface area contributed by atoms with Gasteiger partial charge in [0.05, 0.1) is 18.8 Å². The first-order valence-electron chi connectivity index (χ1n) is 6.80. The molecule has 0 saturated carbocycles. The molecule has 1 unspecified atom stereocenters. The van der Waals surface area contributed by atoms with Gasteiger partial charge in [-0.3, -0.25) is 9.48 Å². The lowest BCUT2D eigenvalue weighted by Crippen LogP contribution is -2.32. The molecule has 1 atom stereocenters. The Morgan fingerprint density at radius 2 is 2.55 bits per heavy atom. The number of nitrogens with zero attached hydrogens (tertiary/aromatic N) is 2. The largest absolute Gasteiger partial charge is 0.383 e. The lowest BCUT2D eigenvalue weighted by molar-refractivity contribution is -0.109. The molecule has 0 aromatic carbocycles. The van der Waals surface area contributed by atoms with Gasteiger partial charge in [-0.2, -0.15) is 5.10 Å². The summed E-state index contributed by atoms with van der Waals surface area (Å²) in [6.07, 6.45) is 5.03. The van der Waals surface area contributed by atoms with Gasteiger partial charge < -0.3 is 10.1 Å². The Morgan fingerprint density at radius 3 is 3.30 bits per heavy atom. The van der Waals surface area contributed by atoms with E-state index in [1.807, 2.05) is 16.9 Å². The van der Waals surface area contributed by atoms with Crippen LogP contribution in [0.15, 0.2) is 17.8 Å². The third-order valence-corrected chi connectivity index (χ3v) is 4.31. The van der Waals surface area contributed by atoms with Crippen LogP contribution in [0.2, 0.25) is 0 Å². The van der Waals surface area contributed by atoms with Crippen molar-refractivity contribution in [2.24, 2.45) is 0 Å². The Morgan fingerprint density at radius 1 is 1.70 bits per heavy atom. The van der Waals surface area contributed by atoms with E-state index in [4.69, 9.17) is 4.74 Å². The summed E-state index contributed by atoms with van der Waals surface area (Å²) >= 11 is 1.42. The lowest BCUT2D eigenvalue weighted by Gasteiger charge is -2.24. The van der Waals surface area contributed by atoms with Gasteiger partial charge in [0, 0.05) is 32.0 Å². The highest BCUT2D eigenvalue weighted by molar-refractivity contribution is 8.14. The van der Waals surface area contributed by atoms with Crippen LogP contribution in [-0.2, 0) is 16.1 Å². The zero-order chi connectivity index (χ0) is 14.4. The molecule has 0 aliphatic carbocycles. The predicted molar refractivity (Wildman–Crippen MR) is 81.6 cm³/mol. The van der Waals surface area contributed by atoms with Crippen LogP contribution >= 0.6 is 11.8 Å². The highest BCUT2D eigenvalue weighted by Crippen LogP contribution is 2.26. The van der Waals surface area contributed by atoms with Gasteiger partial charge in [0.15, 0.2) is 5.12 Å². The van der Waals surface area contributed by atoms with E-state index in [1.54, 1.807) is 14.0 Å². The van der Waals surface area contributed by atoms with Crippen LogP contribution in [-0.4, -0.2) is 47.0 Å².